The summed E-state index contributed by atoms with van der Waals surface area (Å²) >= 11 is 0. The second-order valence-corrected chi connectivity index (χ2v) is 6.26. The van der Waals surface area contributed by atoms with E-state index in [0.29, 0.717) is 0 Å². The van der Waals surface area contributed by atoms with Gasteiger partial charge in [0.05, 0.1) is 12.8 Å². The Morgan fingerprint density at radius 1 is 0.704 bits per heavy atom. The number of ether oxygens (including phenoxy) is 1. The molecule has 3 nitrogen and oxygen atoms in total. The van der Waals surface area contributed by atoms with Gasteiger partial charge in [0.1, 0.15) is 5.75 Å². The molecule has 3 aromatic carbocycles. The van der Waals surface area contributed by atoms with Gasteiger partial charge in [-0.15, -0.1) is 0 Å². The summed E-state index contributed by atoms with van der Waals surface area (Å²) in [5.74, 6) is 0.779. The van der Waals surface area contributed by atoms with Crippen molar-refractivity contribution in [2.45, 2.75) is 0 Å². The van der Waals surface area contributed by atoms with Gasteiger partial charge in [-0.1, -0.05) is 60.7 Å². The molecule has 0 saturated carbocycles. The van der Waals surface area contributed by atoms with Gasteiger partial charge in [-0.3, -0.25) is 4.79 Å². The summed E-state index contributed by atoms with van der Waals surface area (Å²) in [5.41, 5.74) is 5.60. The summed E-state index contributed by atoms with van der Waals surface area (Å²) in [6.45, 7) is 0. The third-order valence-electron chi connectivity index (χ3n) is 4.57. The van der Waals surface area contributed by atoms with Crippen LogP contribution in [0, 0.1) is 0 Å². The highest BCUT2D eigenvalue weighted by molar-refractivity contribution is 5.92. The van der Waals surface area contributed by atoms with E-state index in [-0.39, 0.29) is 5.56 Å². The lowest BCUT2D eigenvalue weighted by Gasteiger charge is -2.16. The molecule has 0 spiro atoms. The van der Waals surface area contributed by atoms with E-state index >= 15 is 0 Å². The fourth-order valence-electron chi connectivity index (χ4n) is 3.28. The van der Waals surface area contributed by atoms with E-state index in [1.165, 1.54) is 0 Å². The van der Waals surface area contributed by atoms with E-state index < -0.39 is 0 Å². The SMILES string of the molecule is COc1ccc(-c2[nH]c(=O)cc(-c3ccccc3)c2-c2ccccc2)cc1. The standard InChI is InChI=1S/C24H19NO2/c1-27-20-14-12-19(13-15-20)24-23(18-10-6-3-7-11-18)21(16-22(26)25-24)17-8-4-2-5-9-17/h2-16H,1H3,(H,25,26). The van der Waals surface area contributed by atoms with Gasteiger partial charge in [-0.2, -0.15) is 0 Å². The predicted octanol–water partition coefficient (Wildman–Crippen LogP) is 5.38. The molecule has 0 bridgehead atoms. The zero-order chi connectivity index (χ0) is 18.6. The Morgan fingerprint density at radius 3 is 1.89 bits per heavy atom. The molecule has 0 radical (unpaired) electrons. The molecule has 1 heterocycles. The molecule has 0 aliphatic heterocycles. The molecule has 0 fully saturated rings. The lowest BCUT2D eigenvalue weighted by atomic mass is 9.91. The van der Waals surface area contributed by atoms with E-state index in [0.717, 1.165) is 39.3 Å². The van der Waals surface area contributed by atoms with Crippen LogP contribution in [-0.4, -0.2) is 12.1 Å². The molecule has 1 N–H and O–H groups in total. The van der Waals surface area contributed by atoms with E-state index in [1.807, 2.05) is 72.8 Å². The van der Waals surface area contributed by atoms with Gasteiger partial charge >= 0.3 is 0 Å². The number of methoxy groups -OCH3 is 1. The maximum Gasteiger partial charge on any atom is 0.249 e. The summed E-state index contributed by atoms with van der Waals surface area (Å²) in [7, 11) is 1.64. The highest BCUT2D eigenvalue weighted by Crippen LogP contribution is 2.37. The molecule has 4 aromatic rings. The zero-order valence-corrected chi connectivity index (χ0v) is 15.0. The monoisotopic (exact) mass is 353 g/mol. The van der Waals surface area contributed by atoms with Gasteiger partial charge in [0.2, 0.25) is 5.56 Å². The van der Waals surface area contributed by atoms with Gasteiger partial charge in [0, 0.05) is 11.6 Å². The molecule has 27 heavy (non-hydrogen) atoms. The van der Waals surface area contributed by atoms with Crippen LogP contribution in [0.3, 0.4) is 0 Å². The fraction of sp³-hybridized carbons (Fsp3) is 0.0417. The van der Waals surface area contributed by atoms with Crippen molar-refractivity contribution >= 4 is 0 Å². The summed E-state index contributed by atoms with van der Waals surface area (Å²) < 4.78 is 5.26. The maximum absolute atomic E-state index is 12.5. The molecule has 0 atom stereocenters. The minimum absolute atomic E-state index is 0.126. The van der Waals surface area contributed by atoms with Crippen molar-refractivity contribution in [2.24, 2.45) is 0 Å². The lowest BCUT2D eigenvalue weighted by Crippen LogP contribution is -2.08. The second kappa shape index (κ2) is 7.34. The Kier molecular flexibility index (Phi) is 4.58. The van der Waals surface area contributed by atoms with Crippen molar-refractivity contribution in [1.82, 2.24) is 4.98 Å². The van der Waals surface area contributed by atoms with Crippen LogP contribution in [0.25, 0.3) is 33.5 Å². The van der Waals surface area contributed by atoms with Crippen molar-refractivity contribution in [3.05, 3.63) is 101 Å². The van der Waals surface area contributed by atoms with Crippen LogP contribution in [0.4, 0.5) is 0 Å². The van der Waals surface area contributed by atoms with Crippen LogP contribution < -0.4 is 10.3 Å². The van der Waals surface area contributed by atoms with Crippen LogP contribution in [0.15, 0.2) is 95.8 Å². The first kappa shape index (κ1) is 16.9. The number of hydrogen-bond donors (Lipinski definition) is 1. The maximum atomic E-state index is 12.5. The number of pyridine rings is 1. The smallest absolute Gasteiger partial charge is 0.249 e. The van der Waals surface area contributed by atoms with Crippen molar-refractivity contribution in [3.8, 4) is 39.3 Å². The Morgan fingerprint density at radius 2 is 1.30 bits per heavy atom. The number of aromatic nitrogens is 1. The topological polar surface area (TPSA) is 42.1 Å². The molecule has 4 rings (SSSR count). The Labute approximate surface area is 157 Å². The minimum atomic E-state index is -0.126. The van der Waals surface area contributed by atoms with Gasteiger partial charge < -0.3 is 9.72 Å². The molecule has 0 unspecified atom stereocenters. The average molecular weight is 353 g/mol. The minimum Gasteiger partial charge on any atom is -0.497 e. The first-order chi connectivity index (χ1) is 13.3. The first-order valence-corrected chi connectivity index (χ1v) is 8.79. The van der Waals surface area contributed by atoms with Crippen LogP contribution in [-0.2, 0) is 0 Å². The highest BCUT2D eigenvalue weighted by Gasteiger charge is 2.16. The first-order valence-electron chi connectivity index (χ1n) is 8.79. The average Bonchev–Trinajstić information content (AvgIpc) is 2.74. The number of benzene rings is 3. The van der Waals surface area contributed by atoms with E-state index in [4.69, 9.17) is 4.74 Å². The lowest BCUT2D eigenvalue weighted by molar-refractivity contribution is 0.415. The molecular weight excluding hydrogens is 334 g/mol. The Bertz CT molecular complexity index is 1100. The van der Waals surface area contributed by atoms with Crippen molar-refractivity contribution < 1.29 is 4.74 Å². The molecule has 1 aromatic heterocycles. The van der Waals surface area contributed by atoms with Crippen molar-refractivity contribution in [3.63, 3.8) is 0 Å². The summed E-state index contributed by atoms with van der Waals surface area (Å²) in [4.78, 5) is 15.5. The van der Waals surface area contributed by atoms with Crippen molar-refractivity contribution in [1.29, 1.82) is 0 Å². The Balaban J connectivity index is 2.03. The largest absolute Gasteiger partial charge is 0.497 e. The number of rotatable bonds is 4. The van der Waals surface area contributed by atoms with Crippen LogP contribution in [0.5, 0.6) is 5.75 Å². The van der Waals surface area contributed by atoms with Crippen LogP contribution >= 0.6 is 0 Å². The second-order valence-electron chi connectivity index (χ2n) is 6.26. The zero-order valence-electron chi connectivity index (χ0n) is 15.0. The van der Waals surface area contributed by atoms with Crippen LogP contribution in [0.1, 0.15) is 0 Å². The summed E-state index contributed by atoms with van der Waals surface area (Å²) in [6.07, 6.45) is 0. The van der Waals surface area contributed by atoms with E-state index in [1.54, 1.807) is 13.2 Å². The van der Waals surface area contributed by atoms with Gasteiger partial charge in [0.15, 0.2) is 0 Å². The molecular formula is C24H19NO2. The van der Waals surface area contributed by atoms with E-state index in [2.05, 4.69) is 17.1 Å². The quantitative estimate of drug-likeness (QED) is 0.535. The molecule has 0 aliphatic carbocycles. The number of nitrogens with one attached hydrogen (secondary N) is 1. The molecule has 0 amide bonds. The summed E-state index contributed by atoms with van der Waals surface area (Å²) in [6, 6.07) is 29.5. The molecule has 0 aliphatic rings. The van der Waals surface area contributed by atoms with Gasteiger partial charge in [-0.05, 0) is 46.5 Å². The number of hydrogen-bond acceptors (Lipinski definition) is 2. The van der Waals surface area contributed by atoms with Crippen molar-refractivity contribution in [2.75, 3.05) is 7.11 Å². The highest BCUT2D eigenvalue weighted by atomic mass is 16.5. The van der Waals surface area contributed by atoms with Gasteiger partial charge in [-0.25, -0.2) is 0 Å². The predicted molar refractivity (Wildman–Crippen MR) is 110 cm³/mol. The third kappa shape index (κ3) is 3.40. The number of H-pyrrole nitrogens is 1. The van der Waals surface area contributed by atoms with E-state index in [9.17, 15) is 4.79 Å². The number of aromatic amines is 1. The Hall–Kier alpha value is -3.59. The molecule has 0 saturated heterocycles. The fourth-order valence-corrected chi connectivity index (χ4v) is 3.28. The summed E-state index contributed by atoms with van der Waals surface area (Å²) in [5, 5.41) is 0. The third-order valence-corrected chi connectivity index (χ3v) is 4.57. The van der Waals surface area contributed by atoms with Gasteiger partial charge in [0.25, 0.3) is 0 Å². The molecule has 3 heteroatoms. The van der Waals surface area contributed by atoms with Crippen LogP contribution in [0.2, 0.25) is 0 Å². The normalized spacial score (nSPS) is 10.6. The molecule has 132 valence electrons.